The molecule has 0 bridgehead atoms. The molecule has 2 heterocycles. The SMILES string of the molecule is CC1CN(CC2CCN(C)C2)C(C)CN1. The van der Waals surface area contributed by atoms with E-state index in [-0.39, 0.29) is 0 Å². The number of piperazine rings is 1. The molecule has 2 fully saturated rings. The maximum absolute atomic E-state index is 3.54. The molecule has 1 N–H and O–H groups in total. The fraction of sp³-hybridized carbons (Fsp3) is 1.00. The Bertz CT molecular complexity index is 207. The van der Waals surface area contributed by atoms with Crippen LogP contribution in [-0.4, -0.2) is 61.7 Å². The van der Waals surface area contributed by atoms with E-state index in [1.54, 1.807) is 0 Å². The Morgan fingerprint density at radius 2 is 2.07 bits per heavy atom. The van der Waals surface area contributed by atoms with Crippen LogP contribution in [0.4, 0.5) is 0 Å². The minimum absolute atomic E-state index is 0.667. The van der Waals surface area contributed by atoms with Crippen LogP contribution >= 0.6 is 0 Å². The van der Waals surface area contributed by atoms with Crippen molar-refractivity contribution in [3.8, 4) is 0 Å². The quantitative estimate of drug-likeness (QED) is 0.722. The molecule has 15 heavy (non-hydrogen) atoms. The second kappa shape index (κ2) is 4.81. The van der Waals surface area contributed by atoms with Crippen LogP contribution in [0.5, 0.6) is 0 Å². The monoisotopic (exact) mass is 211 g/mol. The van der Waals surface area contributed by atoms with E-state index < -0.39 is 0 Å². The van der Waals surface area contributed by atoms with Gasteiger partial charge in [-0.3, -0.25) is 4.90 Å². The summed E-state index contributed by atoms with van der Waals surface area (Å²) in [5.41, 5.74) is 0. The van der Waals surface area contributed by atoms with Crippen molar-refractivity contribution >= 4 is 0 Å². The minimum Gasteiger partial charge on any atom is -0.311 e. The zero-order valence-electron chi connectivity index (χ0n) is 10.4. The van der Waals surface area contributed by atoms with Crippen molar-refractivity contribution in [1.29, 1.82) is 0 Å². The van der Waals surface area contributed by atoms with Crippen LogP contribution in [0.2, 0.25) is 0 Å². The Balaban J connectivity index is 1.82. The van der Waals surface area contributed by atoms with Crippen molar-refractivity contribution in [2.24, 2.45) is 5.92 Å². The van der Waals surface area contributed by atoms with Gasteiger partial charge < -0.3 is 10.2 Å². The summed E-state index contributed by atoms with van der Waals surface area (Å²) in [5, 5.41) is 3.54. The largest absolute Gasteiger partial charge is 0.311 e. The number of nitrogens with zero attached hydrogens (tertiary/aromatic N) is 2. The van der Waals surface area contributed by atoms with Gasteiger partial charge in [0.2, 0.25) is 0 Å². The van der Waals surface area contributed by atoms with Crippen molar-refractivity contribution in [3.63, 3.8) is 0 Å². The maximum Gasteiger partial charge on any atom is 0.0193 e. The molecule has 3 atom stereocenters. The van der Waals surface area contributed by atoms with Gasteiger partial charge in [0.25, 0.3) is 0 Å². The third-order valence-electron chi connectivity index (χ3n) is 3.88. The molecule has 88 valence electrons. The number of likely N-dealkylation sites (tertiary alicyclic amines) is 1. The molecule has 0 spiro atoms. The van der Waals surface area contributed by atoms with Gasteiger partial charge in [-0.2, -0.15) is 0 Å². The van der Waals surface area contributed by atoms with E-state index in [0.29, 0.717) is 12.1 Å². The summed E-state index contributed by atoms with van der Waals surface area (Å²) in [7, 11) is 2.24. The van der Waals surface area contributed by atoms with Gasteiger partial charge in [-0.25, -0.2) is 0 Å². The van der Waals surface area contributed by atoms with Gasteiger partial charge in [-0.15, -0.1) is 0 Å². The van der Waals surface area contributed by atoms with Crippen LogP contribution in [0.15, 0.2) is 0 Å². The van der Waals surface area contributed by atoms with Crippen molar-refractivity contribution in [3.05, 3.63) is 0 Å². The summed E-state index contributed by atoms with van der Waals surface area (Å²) < 4.78 is 0. The molecule has 2 saturated heterocycles. The van der Waals surface area contributed by atoms with Gasteiger partial charge in [0, 0.05) is 38.3 Å². The van der Waals surface area contributed by atoms with E-state index in [0.717, 1.165) is 12.5 Å². The highest BCUT2D eigenvalue weighted by Gasteiger charge is 2.27. The van der Waals surface area contributed by atoms with Crippen molar-refractivity contribution in [2.45, 2.75) is 32.4 Å². The lowest BCUT2D eigenvalue weighted by Crippen LogP contribution is -2.55. The summed E-state index contributed by atoms with van der Waals surface area (Å²) in [6.07, 6.45) is 1.39. The van der Waals surface area contributed by atoms with E-state index in [1.165, 1.54) is 32.6 Å². The van der Waals surface area contributed by atoms with Gasteiger partial charge in [0.15, 0.2) is 0 Å². The molecule has 0 amide bonds. The zero-order valence-corrected chi connectivity index (χ0v) is 10.4. The normalized spacial score (nSPS) is 39.8. The zero-order chi connectivity index (χ0) is 10.8. The Hall–Kier alpha value is -0.120. The fourth-order valence-corrected chi connectivity index (χ4v) is 2.86. The maximum atomic E-state index is 3.54. The molecule has 2 rings (SSSR count). The molecular formula is C12H25N3. The molecular weight excluding hydrogens is 186 g/mol. The molecule has 2 aliphatic rings. The van der Waals surface area contributed by atoms with Gasteiger partial charge in [-0.05, 0) is 39.8 Å². The lowest BCUT2D eigenvalue weighted by atomic mass is 10.0. The predicted octanol–water partition coefficient (Wildman–Crippen LogP) is 0.620. The number of hydrogen-bond donors (Lipinski definition) is 1. The molecule has 3 nitrogen and oxygen atoms in total. The summed E-state index contributed by atoms with van der Waals surface area (Å²) in [4.78, 5) is 5.13. The third kappa shape index (κ3) is 2.92. The van der Waals surface area contributed by atoms with Crippen LogP contribution < -0.4 is 5.32 Å². The Kier molecular flexibility index (Phi) is 3.65. The van der Waals surface area contributed by atoms with Gasteiger partial charge in [-0.1, -0.05) is 0 Å². The summed E-state index contributed by atoms with van der Waals surface area (Å²) in [5.74, 6) is 0.905. The van der Waals surface area contributed by atoms with Crippen LogP contribution in [0.1, 0.15) is 20.3 Å². The van der Waals surface area contributed by atoms with Crippen molar-refractivity contribution in [1.82, 2.24) is 15.1 Å². The summed E-state index contributed by atoms with van der Waals surface area (Å²) >= 11 is 0. The second-order valence-corrected chi connectivity index (χ2v) is 5.53. The van der Waals surface area contributed by atoms with E-state index in [4.69, 9.17) is 0 Å². The topological polar surface area (TPSA) is 18.5 Å². The first kappa shape index (κ1) is 11.4. The Morgan fingerprint density at radius 3 is 2.73 bits per heavy atom. The minimum atomic E-state index is 0.667. The first-order valence-corrected chi connectivity index (χ1v) is 6.31. The molecule has 0 aromatic carbocycles. The van der Waals surface area contributed by atoms with Gasteiger partial charge >= 0.3 is 0 Å². The molecule has 0 radical (unpaired) electrons. The first-order chi connectivity index (χ1) is 7.15. The van der Waals surface area contributed by atoms with E-state index in [9.17, 15) is 0 Å². The molecule has 3 unspecified atom stereocenters. The van der Waals surface area contributed by atoms with E-state index in [2.05, 4.69) is 36.0 Å². The standard InChI is InChI=1S/C12H25N3/c1-10-7-15(11(2)6-13-10)9-12-4-5-14(3)8-12/h10-13H,4-9H2,1-3H3. The van der Waals surface area contributed by atoms with Crippen LogP contribution in [0.3, 0.4) is 0 Å². The lowest BCUT2D eigenvalue weighted by molar-refractivity contribution is 0.126. The molecule has 0 aromatic rings. The molecule has 0 aliphatic carbocycles. The molecule has 2 aliphatic heterocycles. The fourth-order valence-electron chi connectivity index (χ4n) is 2.86. The van der Waals surface area contributed by atoms with Gasteiger partial charge in [0.05, 0.1) is 0 Å². The number of hydrogen-bond acceptors (Lipinski definition) is 3. The van der Waals surface area contributed by atoms with Crippen LogP contribution in [-0.2, 0) is 0 Å². The molecule has 0 saturated carbocycles. The molecule has 3 heteroatoms. The summed E-state index contributed by atoms with van der Waals surface area (Å²) in [6, 6.07) is 1.38. The van der Waals surface area contributed by atoms with Crippen LogP contribution in [0, 0.1) is 5.92 Å². The first-order valence-electron chi connectivity index (χ1n) is 6.31. The predicted molar refractivity (Wildman–Crippen MR) is 64.1 cm³/mol. The average molecular weight is 211 g/mol. The Labute approximate surface area is 93.8 Å². The number of rotatable bonds is 2. The number of nitrogens with one attached hydrogen (secondary N) is 1. The smallest absolute Gasteiger partial charge is 0.0193 e. The summed E-state index contributed by atoms with van der Waals surface area (Å²) in [6.45, 7) is 10.9. The second-order valence-electron chi connectivity index (χ2n) is 5.53. The highest BCUT2D eigenvalue weighted by molar-refractivity contribution is 4.85. The van der Waals surface area contributed by atoms with Crippen molar-refractivity contribution in [2.75, 3.05) is 39.8 Å². The highest BCUT2D eigenvalue weighted by atomic mass is 15.2. The van der Waals surface area contributed by atoms with E-state index in [1.807, 2.05) is 0 Å². The van der Waals surface area contributed by atoms with E-state index >= 15 is 0 Å². The lowest BCUT2D eigenvalue weighted by Gasteiger charge is -2.38. The van der Waals surface area contributed by atoms with Crippen molar-refractivity contribution < 1.29 is 0 Å². The third-order valence-corrected chi connectivity index (χ3v) is 3.88. The average Bonchev–Trinajstić information content (AvgIpc) is 2.58. The van der Waals surface area contributed by atoms with Gasteiger partial charge in [0.1, 0.15) is 0 Å². The van der Waals surface area contributed by atoms with Crippen LogP contribution in [0.25, 0.3) is 0 Å². The Morgan fingerprint density at radius 1 is 1.27 bits per heavy atom. The highest BCUT2D eigenvalue weighted by Crippen LogP contribution is 2.18. The molecule has 0 aromatic heterocycles.